The minimum Gasteiger partial charge on any atom is -0.445 e. The molecule has 3 aliphatic rings. The lowest BCUT2D eigenvalue weighted by molar-refractivity contribution is -0.0576. The lowest BCUT2D eigenvalue weighted by Gasteiger charge is -2.27. The van der Waals surface area contributed by atoms with Crippen LogP contribution in [0, 0.1) is 11.8 Å². The summed E-state index contributed by atoms with van der Waals surface area (Å²) < 4.78 is 71.6. The summed E-state index contributed by atoms with van der Waals surface area (Å²) in [4.78, 5) is 85.1. The van der Waals surface area contributed by atoms with E-state index in [1.54, 1.807) is 37.3 Å². The van der Waals surface area contributed by atoms with Crippen molar-refractivity contribution in [2.75, 3.05) is 31.4 Å². The molecule has 64 heavy (non-hydrogen) atoms. The molecule has 4 unspecified atom stereocenters. The standard InChI is InChI=1S/C38H50N10O14P2/c1-5-6-12-25-42-31-27(33(49)43-25)40-17-47(31)35-21(4)29-23(60-35)16-59-64(54,55)62-30-24(15-58-63(52,53)19-57-29)61-36(26(30)44-38(51)56-14-22-10-8-7-9-11-22)48-18-41-28-32(48)45-37(46-34(28)50)39-13-20(2)3/h7-11,17-18,20-21,23-24,26,29-30,35-36H,5-6,12-16,19H2,1-4H3,(H,44,51)(H,52,53)(H,54,55)(H,42,43,49)(H2,39,45,46,50)/t21-,23?,24-,26-,29+,30-,35-,36?/m1/s1. The Hall–Kier alpha value is -4.87. The third kappa shape index (κ3) is 10.0. The van der Waals surface area contributed by atoms with Gasteiger partial charge in [-0.3, -0.25) is 37.3 Å². The van der Waals surface area contributed by atoms with E-state index in [0.717, 1.165) is 12.8 Å². The number of fused-ring (bicyclic) bond motifs is 4. The lowest BCUT2D eigenvalue weighted by atomic mass is 10.0. The zero-order valence-electron chi connectivity index (χ0n) is 35.3. The van der Waals surface area contributed by atoms with E-state index < -0.39 is 101 Å². The lowest BCUT2D eigenvalue weighted by Crippen LogP contribution is -2.48. The summed E-state index contributed by atoms with van der Waals surface area (Å²) in [6.07, 6.45) is -4.73. The highest BCUT2D eigenvalue weighted by Crippen LogP contribution is 2.52. The van der Waals surface area contributed by atoms with Crippen LogP contribution >= 0.6 is 15.4 Å². The number of phosphoric ester groups is 1. The van der Waals surface area contributed by atoms with Gasteiger partial charge in [0.1, 0.15) is 49.4 Å². The normalized spacial score (nSPS) is 30.0. The number of nitrogens with zero attached hydrogens (tertiary/aromatic N) is 6. The van der Waals surface area contributed by atoms with E-state index in [0.29, 0.717) is 24.4 Å². The van der Waals surface area contributed by atoms with Crippen molar-refractivity contribution >= 4 is 49.8 Å². The minimum atomic E-state index is -5.17. The van der Waals surface area contributed by atoms with Gasteiger partial charge in [0.25, 0.3) is 11.1 Å². The quantitative estimate of drug-likeness (QED) is 0.103. The maximum atomic E-state index is 14.0. The first-order chi connectivity index (χ1) is 30.6. The number of ether oxygens (including phenoxy) is 4. The number of benzene rings is 1. The van der Waals surface area contributed by atoms with E-state index in [1.165, 1.54) is 21.8 Å². The van der Waals surface area contributed by atoms with Crippen LogP contribution in [-0.2, 0) is 54.7 Å². The Kier molecular flexibility index (Phi) is 13.5. The fraction of sp³-hybridized carbons (Fsp3) is 0.553. The molecule has 0 saturated carbocycles. The number of aromatic amines is 2. The van der Waals surface area contributed by atoms with Crippen molar-refractivity contribution in [2.45, 2.75) is 96.5 Å². The van der Waals surface area contributed by atoms with Gasteiger partial charge in [0.2, 0.25) is 5.95 Å². The number of phosphoric acid groups is 1. The number of amides is 1. The highest BCUT2D eigenvalue weighted by atomic mass is 31.2. The number of carbonyl (C=O) groups excluding carboxylic acids is 1. The van der Waals surface area contributed by atoms with Gasteiger partial charge in [0.05, 0.1) is 32.0 Å². The van der Waals surface area contributed by atoms with Crippen LogP contribution in [0.3, 0.4) is 0 Å². The van der Waals surface area contributed by atoms with Gasteiger partial charge in [-0.05, 0) is 17.9 Å². The van der Waals surface area contributed by atoms with Crippen LogP contribution in [0.5, 0.6) is 0 Å². The molecule has 1 amide bonds. The van der Waals surface area contributed by atoms with Gasteiger partial charge < -0.3 is 48.9 Å². The summed E-state index contributed by atoms with van der Waals surface area (Å²) in [6.45, 7) is 6.59. The van der Waals surface area contributed by atoms with Crippen LogP contribution in [0.4, 0.5) is 10.7 Å². The number of hydrogen-bond acceptors (Lipinski definition) is 17. The number of anilines is 1. The molecular weight excluding hydrogens is 882 g/mol. The largest absolute Gasteiger partial charge is 0.472 e. The summed E-state index contributed by atoms with van der Waals surface area (Å²) >= 11 is 0. The van der Waals surface area contributed by atoms with Gasteiger partial charge in [-0.2, -0.15) is 4.98 Å². The first-order valence-electron chi connectivity index (χ1n) is 20.8. The van der Waals surface area contributed by atoms with E-state index in [2.05, 4.69) is 40.5 Å². The van der Waals surface area contributed by atoms with Crippen LogP contribution in [0.25, 0.3) is 22.3 Å². The predicted molar refractivity (Wildman–Crippen MR) is 225 cm³/mol. The van der Waals surface area contributed by atoms with Gasteiger partial charge in [-0.25, -0.2) is 24.3 Å². The molecule has 24 nitrogen and oxygen atoms in total. The number of unbranched alkanes of at least 4 members (excludes halogenated alkanes) is 1. The molecule has 26 heteroatoms. The Balaban J connectivity index is 1.10. The van der Waals surface area contributed by atoms with Crippen molar-refractivity contribution in [3.8, 4) is 0 Å². The molecule has 1 aromatic carbocycles. The number of H-pyrrole nitrogens is 2. The van der Waals surface area contributed by atoms with Crippen molar-refractivity contribution in [2.24, 2.45) is 11.8 Å². The van der Waals surface area contributed by atoms with Crippen molar-refractivity contribution in [1.29, 1.82) is 0 Å². The molecule has 0 radical (unpaired) electrons. The van der Waals surface area contributed by atoms with Crippen molar-refractivity contribution in [3.05, 3.63) is 75.1 Å². The van der Waals surface area contributed by atoms with Crippen LogP contribution in [0.2, 0.25) is 0 Å². The second-order valence-electron chi connectivity index (χ2n) is 16.2. The molecule has 0 bridgehead atoms. The SMILES string of the molecule is CCCCc1nc2c(ncn2[C@@H]2OC3COP(=O)(O)O[C@@H]4[C@@H](COP(=O)(O)CO[C@H]3[C@H]2C)OC(n2cnc3c(=O)[nH]c(NCC(C)C)nc32)[C@@H]4NC(=O)OCc2ccccc2)c(=O)[nH]1. The fourth-order valence-corrected chi connectivity index (χ4v) is 9.55. The predicted octanol–water partition coefficient (Wildman–Crippen LogP) is 3.45. The maximum Gasteiger partial charge on any atom is 0.472 e. The molecule has 3 saturated heterocycles. The van der Waals surface area contributed by atoms with E-state index >= 15 is 0 Å². The van der Waals surface area contributed by atoms with Gasteiger partial charge >= 0.3 is 21.5 Å². The smallest absolute Gasteiger partial charge is 0.445 e. The second-order valence-corrected chi connectivity index (χ2v) is 19.4. The van der Waals surface area contributed by atoms with Crippen LogP contribution in [-0.4, -0.2) is 111 Å². The molecule has 10 atom stereocenters. The summed E-state index contributed by atoms with van der Waals surface area (Å²) in [7, 11) is -9.83. The first kappa shape index (κ1) is 45.7. The Morgan fingerprint density at radius 2 is 1.59 bits per heavy atom. The van der Waals surface area contributed by atoms with Gasteiger partial charge in [0.15, 0.2) is 28.6 Å². The highest BCUT2D eigenvalue weighted by molar-refractivity contribution is 7.52. The molecule has 3 fully saturated rings. The van der Waals surface area contributed by atoms with E-state index in [-0.39, 0.29) is 40.8 Å². The molecule has 3 aliphatic heterocycles. The molecule has 4 aromatic heterocycles. The van der Waals surface area contributed by atoms with Crippen molar-refractivity contribution < 1.29 is 56.2 Å². The number of nitrogens with one attached hydrogen (secondary N) is 4. The first-order valence-corrected chi connectivity index (χ1v) is 24.0. The molecule has 0 aliphatic carbocycles. The van der Waals surface area contributed by atoms with E-state index in [9.17, 15) is 33.3 Å². The van der Waals surface area contributed by atoms with Crippen LogP contribution in [0.15, 0.2) is 52.6 Å². The molecule has 7 heterocycles. The number of imidazole rings is 2. The highest BCUT2D eigenvalue weighted by Gasteiger charge is 2.53. The van der Waals surface area contributed by atoms with E-state index in [1.807, 2.05) is 20.8 Å². The Labute approximate surface area is 364 Å². The Morgan fingerprint density at radius 1 is 0.938 bits per heavy atom. The Morgan fingerprint density at radius 3 is 2.31 bits per heavy atom. The summed E-state index contributed by atoms with van der Waals surface area (Å²) in [5.41, 5.74) is -0.188. The van der Waals surface area contributed by atoms with Gasteiger partial charge in [-0.1, -0.05) is 64.4 Å². The average Bonchev–Trinajstić information content (AvgIpc) is 4.03. The summed E-state index contributed by atoms with van der Waals surface area (Å²) in [5, 5.41) is 5.70. The zero-order chi connectivity index (χ0) is 45.3. The third-order valence-electron chi connectivity index (χ3n) is 10.9. The maximum absolute atomic E-state index is 14.0. The molecule has 5 aromatic rings. The Bertz CT molecular complexity index is 2680. The van der Waals surface area contributed by atoms with Crippen molar-refractivity contribution in [1.82, 2.24) is 44.4 Å². The number of alkyl carbamates (subject to hydrolysis) is 1. The topological polar surface area (TPSA) is 307 Å². The van der Waals surface area contributed by atoms with E-state index in [4.69, 9.17) is 32.5 Å². The molecule has 8 rings (SSSR count). The number of aromatic nitrogens is 8. The fourth-order valence-electron chi connectivity index (χ4n) is 7.77. The number of hydrogen-bond donors (Lipinski definition) is 6. The molecule has 0 spiro atoms. The molecule has 6 N–H and O–H groups in total. The monoisotopic (exact) mass is 932 g/mol. The minimum absolute atomic E-state index is 0.000369. The number of aryl methyl sites for hydroxylation is 1. The van der Waals surface area contributed by atoms with Crippen LogP contribution in [0.1, 0.15) is 64.4 Å². The second kappa shape index (κ2) is 18.9. The number of carbonyl (C=O) groups is 1. The summed E-state index contributed by atoms with van der Waals surface area (Å²) in [5.74, 6) is 0.111. The molecule has 346 valence electrons. The summed E-state index contributed by atoms with van der Waals surface area (Å²) in [6, 6.07) is 7.35. The zero-order valence-corrected chi connectivity index (χ0v) is 37.1. The third-order valence-corrected chi connectivity index (χ3v) is 12.9. The van der Waals surface area contributed by atoms with Crippen LogP contribution < -0.4 is 21.8 Å². The van der Waals surface area contributed by atoms with Gasteiger partial charge in [-0.15, -0.1) is 0 Å². The average molecular weight is 933 g/mol. The number of rotatable bonds is 11. The van der Waals surface area contributed by atoms with Crippen molar-refractivity contribution in [3.63, 3.8) is 0 Å². The van der Waals surface area contributed by atoms with Gasteiger partial charge in [0, 0.05) is 18.9 Å². The molecular formula is C38H50N10O14P2.